The molecule has 0 saturated carbocycles. The molecule has 0 aliphatic carbocycles. The Morgan fingerprint density at radius 1 is 1.58 bits per heavy atom. The number of nitrogens with zero attached hydrogens (tertiary/aromatic N) is 3. The van der Waals surface area contributed by atoms with Gasteiger partial charge in [-0.05, 0) is 19.1 Å². The van der Waals surface area contributed by atoms with E-state index < -0.39 is 16.9 Å². The summed E-state index contributed by atoms with van der Waals surface area (Å²) in [4.78, 5) is 21.4. The van der Waals surface area contributed by atoms with Gasteiger partial charge in [0.05, 0.1) is 23.8 Å². The lowest BCUT2D eigenvalue weighted by Crippen LogP contribution is -2.25. The summed E-state index contributed by atoms with van der Waals surface area (Å²) in [6.07, 6.45) is 0. The van der Waals surface area contributed by atoms with Crippen LogP contribution in [0.25, 0.3) is 0 Å². The van der Waals surface area contributed by atoms with Crippen LogP contribution in [0.2, 0.25) is 0 Å². The molecule has 0 atom stereocenters. The Morgan fingerprint density at radius 2 is 2.26 bits per heavy atom. The second-order valence-electron chi connectivity index (χ2n) is 3.18. The van der Waals surface area contributed by atoms with Crippen LogP contribution in [0.3, 0.4) is 0 Å². The fraction of sp³-hybridized carbons (Fsp3) is 0.182. The Morgan fingerprint density at radius 3 is 2.84 bits per heavy atom. The van der Waals surface area contributed by atoms with E-state index in [1.54, 1.807) is 19.1 Å². The van der Waals surface area contributed by atoms with Gasteiger partial charge in [0.2, 0.25) is 0 Å². The summed E-state index contributed by atoms with van der Waals surface area (Å²) >= 11 is 0. The average molecular weight is 262 g/mol. The fourth-order valence-corrected chi connectivity index (χ4v) is 1.19. The highest BCUT2D eigenvalue weighted by Crippen LogP contribution is 2.06. The number of carbonyl (C=O) groups is 1. The molecular weight excluding hydrogens is 252 g/mol. The maximum Gasteiger partial charge on any atom is 0.562 e. The van der Waals surface area contributed by atoms with Crippen LogP contribution in [0.4, 0.5) is 0 Å². The third kappa shape index (κ3) is 3.78. The Bertz CT molecular complexity index is 562. The molecule has 1 aromatic carbocycles. The maximum absolute atomic E-state index is 11.7. The minimum Gasteiger partial charge on any atom is -0.424 e. The van der Waals surface area contributed by atoms with E-state index >= 15 is 0 Å². The summed E-state index contributed by atoms with van der Waals surface area (Å²) in [5.41, 5.74) is 2.20. The maximum atomic E-state index is 11.7. The predicted molar refractivity (Wildman–Crippen MR) is 64.7 cm³/mol. The molecule has 0 aliphatic heterocycles. The lowest BCUT2D eigenvalue weighted by atomic mass is 10.1. The van der Waals surface area contributed by atoms with Crippen molar-refractivity contribution < 1.29 is 14.5 Å². The minimum atomic E-state index is -0.861. The number of hydrogen-bond donors (Lipinski definition) is 1. The molecule has 0 bridgehead atoms. The van der Waals surface area contributed by atoms with Crippen LogP contribution in [-0.4, -0.2) is 23.5 Å². The number of benzene rings is 1. The van der Waals surface area contributed by atoms with Crippen molar-refractivity contribution in [1.29, 1.82) is 5.26 Å². The first-order valence-electron chi connectivity index (χ1n) is 5.24. The van der Waals surface area contributed by atoms with Gasteiger partial charge in [-0.2, -0.15) is 5.26 Å². The summed E-state index contributed by atoms with van der Waals surface area (Å²) < 4.78 is 4.62. The molecule has 19 heavy (non-hydrogen) atoms. The van der Waals surface area contributed by atoms with E-state index in [4.69, 9.17) is 5.26 Å². The number of hydrazone groups is 1. The number of ether oxygens (including phenoxy) is 1. The molecule has 98 valence electrons. The van der Waals surface area contributed by atoms with Crippen LogP contribution < -0.4 is 5.43 Å². The summed E-state index contributed by atoms with van der Waals surface area (Å²) in [7, 11) is 0. The third-order valence-electron chi connectivity index (χ3n) is 1.97. The van der Waals surface area contributed by atoms with Crippen LogP contribution in [0.1, 0.15) is 22.8 Å². The molecule has 0 aliphatic rings. The Balaban J connectivity index is 2.88. The average Bonchev–Trinajstić information content (AvgIpc) is 2.42. The van der Waals surface area contributed by atoms with Gasteiger partial charge in [0.1, 0.15) is 5.10 Å². The summed E-state index contributed by atoms with van der Waals surface area (Å²) in [6.45, 7) is 1.59. The zero-order valence-electron chi connectivity index (χ0n) is 9.99. The molecule has 1 rings (SSSR count). The van der Waals surface area contributed by atoms with Gasteiger partial charge >= 0.3 is 6.02 Å². The molecule has 1 N–H and O–H groups in total. The van der Waals surface area contributed by atoms with E-state index in [1.165, 1.54) is 12.1 Å². The number of nitriles is 1. The van der Waals surface area contributed by atoms with Gasteiger partial charge < -0.3 is 14.9 Å². The van der Waals surface area contributed by atoms with Crippen LogP contribution in [-0.2, 0) is 4.74 Å². The Labute approximate surface area is 108 Å². The molecule has 1 amide bonds. The van der Waals surface area contributed by atoms with Gasteiger partial charge in [-0.3, -0.25) is 4.79 Å². The number of nitrogens with one attached hydrogen (secondary N) is 1. The number of rotatable bonds is 3. The van der Waals surface area contributed by atoms with Crippen LogP contribution in [0.5, 0.6) is 0 Å². The van der Waals surface area contributed by atoms with Crippen molar-refractivity contribution in [2.75, 3.05) is 6.61 Å². The van der Waals surface area contributed by atoms with Crippen molar-refractivity contribution in [3.8, 4) is 6.07 Å². The lowest BCUT2D eigenvalue weighted by molar-refractivity contribution is -0.375. The van der Waals surface area contributed by atoms with E-state index in [-0.39, 0.29) is 17.7 Å². The molecular formula is C11H10N4O4. The summed E-state index contributed by atoms with van der Waals surface area (Å²) in [6, 6.07) is 7.05. The smallest absolute Gasteiger partial charge is 0.424 e. The first-order valence-corrected chi connectivity index (χ1v) is 5.24. The van der Waals surface area contributed by atoms with Gasteiger partial charge in [0.25, 0.3) is 5.91 Å². The molecule has 0 fully saturated rings. The minimum absolute atomic E-state index is 0.0461. The molecule has 8 nitrogen and oxygen atoms in total. The van der Waals surface area contributed by atoms with Gasteiger partial charge in [0, 0.05) is 4.92 Å². The number of hydrogen-bond acceptors (Lipinski definition) is 6. The zero-order chi connectivity index (χ0) is 14.3. The molecule has 0 radical (unpaired) electrons. The quantitative estimate of drug-likeness (QED) is 0.375. The van der Waals surface area contributed by atoms with Crippen molar-refractivity contribution in [3.05, 3.63) is 45.5 Å². The standard InChI is InChI=1S/C11H10N4O4/c1-2-19-11(15(17)18)14-13-10(16)9-6-4-3-5-8(9)7-12/h3-6H,2H2,1H3,(H,13,16)/b14-11+. The SMILES string of the molecule is CCO/C(=N/NC(=O)c1ccccc1C#N)[N+](=O)[O-]. The van der Waals surface area contributed by atoms with Crippen molar-refractivity contribution >= 4 is 11.9 Å². The zero-order valence-corrected chi connectivity index (χ0v) is 9.99. The van der Waals surface area contributed by atoms with Crippen molar-refractivity contribution in [2.45, 2.75) is 6.92 Å². The van der Waals surface area contributed by atoms with Crippen molar-refractivity contribution in [1.82, 2.24) is 5.43 Å². The monoisotopic (exact) mass is 262 g/mol. The lowest BCUT2D eigenvalue weighted by Gasteiger charge is -2.00. The topological polar surface area (TPSA) is 118 Å². The van der Waals surface area contributed by atoms with E-state index in [0.717, 1.165) is 0 Å². The van der Waals surface area contributed by atoms with Crippen LogP contribution >= 0.6 is 0 Å². The second-order valence-corrected chi connectivity index (χ2v) is 3.18. The molecule has 0 aromatic heterocycles. The van der Waals surface area contributed by atoms with Gasteiger partial charge in [-0.15, -0.1) is 5.43 Å². The second kappa shape index (κ2) is 6.70. The highest BCUT2D eigenvalue weighted by Gasteiger charge is 2.17. The third-order valence-corrected chi connectivity index (χ3v) is 1.97. The summed E-state index contributed by atoms with van der Waals surface area (Å²) in [5, 5.41) is 22.6. The fourth-order valence-electron chi connectivity index (χ4n) is 1.19. The summed E-state index contributed by atoms with van der Waals surface area (Å²) in [5.74, 6) is -0.726. The first kappa shape index (κ1) is 14.1. The highest BCUT2D eigenvalue weighted by atomic mass is 16.7. The number of amidine groups is 1. The largest absolute Gasteiger partial charge is 0.562 e. The van der Waals surface area contributed by atoms with Crippen LogP contribution in [0, 0.1) is 21.4 Å². The van der Waals surface area contributed by atoms with Crippen LogP contribution in [0.15, 0.2) is 29.4 Å². The van der Waals surface area contributed by atoms with E-state index in [1.807, 2.05) is 11.5 Å². The normalized spacial score (nSPS) is 10.4. The Kier molecular flexibility index (Phi) is 4.98. The van der Waals surface area contributed by atoms with E-state index in [0.29, 0.717) is 0 Å². The number of carbonyl (C=O) groups excluding carboxylic acids is 1. The van der Waals surface area contributed by atoms with Gasteiger partial charge in [-0.25, -0.2) is 0 Å². The van der Waals surface area contributed by atoms with Crippen molar-refractivity contribution in [2.24, 2.45) is 5.10 Å². The van der Waals surface area contributed by atoms with Gasteiger partial charge in [-0.1, -0.05) is 12.1 Å². The molecule has 0 heterocycles. The molecule has 8 heteroatoms. The van der Waals surface area contributed by atoms with E-state index in [9.17, 15) is 14.9 Å². The number of amides is 1. The first-order chi connectivity index (χ1) is 9.10. The van der Waals surface area contributed by atoms with E-state index in [2.05, 4.69) is 9.84 Å². The van der Waals surface area contributed by atoms with Crippen molar-refractivity contribution in [3.63, 3.8) is 0 Å². The van der Waals surface area contributed by atoms with Gasteiger partial charge in [0.15, 0.2) is 0 Å². The molecule has 0 spiro atoms. The molecule has 1 aromatic rings. The Hall–Kier alpha value is -2.95. The molecule has 0 saturated heterocycles. The molecule has 0 unspecified atom stereocenters. The highest BCUT2D eigenvalue weighted by molar-refractivity contribution is 5.96. The number of nitro groups is 1. The predicted octanol–water partition coefficient (Wildman–Crippen LogP) is 0.872.